The molecule has 19 heavy (non-hydrogen) atoms. The van der Waals surface area contributed by atoms with Crippen LogP contribution in [-0.2, 0) is 0 Å². The van der Waals surface area contributed by atoms with E-state index in [-0.39, 0.29) is 12.1 Å². The Morgan fingerprint density at radius 1 is 1.37 bits per heavy atom. The van der Waals surface area contributed by atoms with Gasteiger partial charge in [-0.05, 0) is 51.7 Å². The van der Waals surface area contributed by atoms with Gasteiger partial charge in [-0.1, -0.05) is 13.3 Å². The molecule has 112 valence electrons. The number of likely N-dealkylation sites (tertiary alicyclic amines) is 1. The second kappa shape index (κ2) is 6.08. The third-order valence-corrected chi connectivity index (χ3v) is 5.41. The minimum atomic E-state index is -0.299. The van der Waals surface area contributed by atoms with Gasteiger partial charge in [-0.2, -0.15) is 0 Å². The van der Waals surface area contributed by atoms with E-state index in [9.17, 15) is 5.11 Å². The molecule has 4 unspecified atom stereocenters. The molecule has 0 amide bonds. The van der Waals surface area contributed by atoms with Gasteiger partial charge in [0.15, 0.2) is 0 Å². The molecule has 2 fully saturated rings. The maximum Gasteiger partial charge on any atom is 0.0613 e. The van der Waals surface area contributed by atoms with Gasteiger partial charge >= 0.3 is 0 Å². The first-order valence-electron chi connectivity index (χ1n) is 7.75. The number of nitrogens with zero attached hydrogens (tertiary/aromatic N) is 2. The second-order valence-corrected chi connectivity index (χ2v) is 7.04. The molecule has 0 aromatic rings. The quantitative estimate of drug-likeness (QED) is 0.773. The molecule has 2 rings (SSSR count). The summed E-state index contributed by atoms with van der Waals surface area (Å²) in [6.45, 7) is 6.01. The molecule has 1 aliphatic heterocycles. The van der Waals surface area contributed by atoms with Crippen LogP contribution in [0.1, 0.15) is 32.6 Å². The molecule has 1 aliphatic carbocycles. The molecule has 0 aromatic carbocycles. The van der Waals surface area contributed by atoms with Crippen molar-refractivity contribution in [1.29, 1.82) is 0 Å². The zero-order valence-electron chi connectivity index (χ0n) is 12.8. The number of likely N-dealkylation sites (N-methyl/N-ethyl adjacent to an activating group) is 1. The van der Waals surface area contributed by atoms with Gasteiger partial charge in [0.25, 0.3) is 0 Å². The topological polar surface area (TPSA) is 52.7 Å². The largest absolute Gasteiger partial charge is 0.394 e. The van der Waals surface area contributed by atoms with E-state index in [0.29, 0.717) is 12.0 Å². The number of aliphatic hydroxyl groups is 1. The smallest absolute Gasteiger partial charge is 0.0613 e. The van der Waals surface area contributed by atoms with E-state index >= 15 is 0 Å². The molecule has 1 saturated heterocycles. The molecular weight excluding hydrogens is 238 g/mol. The molecule has 4 nitrogen and oxygen atoms in total. The standard InChI is InChI=1S/C15H31N3O/c1-12-9-18(10-14(12)17(2)3)8-6-13-5-4-7-15(13,16)11-19/h12-14,19H,4-11,16H2,1-3H3. The number of rotatable bonds is 5. The van der Waals surface area contributed by atoms with Gasteiger partial charge in [0, 0.05) is 24.7 Å². The molecular formula is C15H31N3O. The molecule has 3 N–H and O–H groups in total. The van der Waals surface area contributed by atoms with Crippen molar-refractivity contribution in [2.75, 3.05) is 40.3 Å². The van der Waals surface area contributed by atoms with Crippen molar-refractivity contribution in [2.24, 2.45) is 17.6 Å². The Morgan fingerprint density at radius 2 is 2.11 bits per heavy atom. The summed E-state index contributed by atoms with van der Waals surface area (Å²) in [6, 6.07) is 0.684. The number of nitrogens with two attached hydrogens (primary N) is 1. The van der Waals surface area contributed by atoms with Crippen molar-refractivity contribution in [2.45, 2.75) is 44.2 Å². The molecule has 0 aromatic heterocycles. The zero-order chi connectivity index (χ0) is 14.0. The van der Waals surface area contributed by atoms with Crippen molar-refractivity contribution in [3.05, 3.63) is 0 Å². The predicted molar refractivity (Wildman–Crippen MR) is 79.0 cm³/mol. The van der Waals surface area contributed by atoms with Crippen LogP contribution in [0, 0.1) is 11.8 Å². The lowest BCUT2D eigenvalue weighted by molar-refractivity contribution is 0.146. The van der Waals surface area contributed by atoms with Crippen LogP contribution in [0.2, 0.25) is 0 Å². The molecule has 1 saturated carbocycles. The zero-order valence-corrected chi connectivity index (χ0v) is 12.8. The Kier molecular flexibility index (Phi) is 4.88. The molecule has 4 heteroatoms. The minimum Gasteiger partial charge on any atom is -0.394 e. The van der Waals surface area contributed by atoms with Crippen LogP contribution in [0.15, 0.2) is 0 Å². The van der Waals surface area contributed by atoms with E-state index in [4.69, 9.17) is 5.73 Å². The first kappa shape index (κ1) is 15.2. The first-order chi connectivity index (χ1) is 8.96. The van der Waals surface area contributed by atoms with Crippen LogP contribution in [0.4, 0.5) is 0 Å². The van der Waals surface area contributed by atoms with E-state index in [2.05, 4.69) is 30.8 Å². The van der Waals surface area contributed by atoms with Crippen molar-refractivity contribution in [3.63, 3.8) is 0 Å². The van der Waals surface area contributed by atoms with Gasteiger partial charge in [0.05, 0.1) is 6.61 Å². The SMILES string of the molecule is CC1CN(CCC2CCCC2(N)CO)CC1N(C)C. The second-order valence-electron chi connectivity index (χ2n) is 7.04. The van der Waals surface area contributed by atoms with Crippen LogP contribution in [-0.4, -0.2) is 66.8 Å². The maximum absolute atomic E-state index is 9.50. The third-order valence-electron chi connectivity index (χ3n) is 5.41. The molecule has 0 bridgehead atoms. The van der Waals surface area contributed by atoms with Crippen LogP contribution >= 0.6 is 0 Å². The maximum atomic E-state index is 9.50. The fraction of sp³-hybridized carbons (Fsp3) is 1.00. The predicted octanol–water partition coefficient (Wildman–Crippen LogP) is 0.748. The summed E-state index contributed by atoms with van der Waals surface area (Å²) < 4.78 is 0. The fourth-order valence-electron chi connectivity index (χ4n) is 4.05. The summed E-state index contributed by atoms with van der Waals surface area (Å²) in [6.07, 6.45) is 4.50. The first-order valence-corrected chi connectivity index (χ1v) is 7.75. The fourth-order valence-corrected chi connectivity index (χ4v) is 4.05. The summed E-state index contributed by atoms with van der Waals surface area (Å²) in [5, 5.41) is 9.50. The third kappa shape index (κ3) is 3.30. The number of hydrogen-bond donors (Lipinski definition) is 2. The average molecular weight is 269 g/mol. The highest BCUT2D eigenvalue weighted by Crippen LogP contribution is 2.36. The molecule has 0 spiro atoms. The van der Waals surface area contributed by atoms with E-state index in [1.54, 1.807) is 0 Å². The highest BCUT2D eigenvalue weighted by Gasteiger charge is 2.39. The van der Waals surface area contributed by atoms with E-state index in [1.807, 2.05) is 0 Å². The highest BCUT2D eigenvalue weighted by atomic mass is 16.3. The molecule has 1 heterocycles. The Labute approximate surface area is 117 Å². The van der Waals surface area contributed by atoms with Crippen LogP contribution < -0.4 is 5.73 Å². The summed E-state index contributed by atoms with van der Waals surface area (Å²) in [5.74, 6) is 1.25. The van der Waals surface area contributed by atoms with Gasteiger partial charge < -0.3 is 20.6 Å². The summed E-state index contributed by atoms with van der Waals surface area (Å²) in [7, 11) is 4.36. The van der Waals surface area contributed by atoms with Crippen LogP contribution in [0.5, 0.6) is 0 Å². The Morgan fingerprint density at radius 3 is 2.68 bits per heavy atom. The van der Waals surface area contributed by atoms with Crippen molar-refractivity contribution in [1.82, 2.24) is 9.80 Å². The lowest BCUT2D eigenvalue weighted by Crippen LogP contribution is -2.47. The van der Waals surface area contributed by atoms with Gasteiger partial charge in [0.2, 0.25) is 0 Å². The summed E-state index contributed by atoms with van der Waals surface area (Å²) in [5.41, 5.74) is 6.01. The molecule has 2 aliphatic rings. The Bertz CT molecular complexity index is 297. The lowest BCUT2D eigenvalue weighted by atomic mass is 9.86. The van der Waals surface area contributed by atoms with Crippen molar-refractivity contribution in [3.8, 4) is 0 Å². The van der Waals surface area contributed by atoms with Crippen molar-refractivity contribution >= 4 is 0 Å². The average Bonchev–Trinajstić information content (AvgIpc) is 2.91. The normalized spacial score (nSPS) is 40.4. The van der Waals surface area contributed by atoms with E-state index in [1.165, 1.54) is 25.9 Å². The Balaban J connectivity index is 1.81. The van der Waals surface area contributed by atoms with Gasteiger partial charge in [-0.15, -0.1) is 0 Å². The molecule has 4 atom stereocenters. The van der Waals surface area contributed by atoms with Crippen LogP contribution in [0.25, 0.3) is 0 Å². The number of aliphatic hydroxyl groups excluding tert-OH is 1. The highest BCUT2D eigenvalue weighted by molar-refractivity contribution is 4.97. The van der Waals surface area contributed by atoms with Gasteiger partial charge in [0.1, 0.15) is 0 Å². The van der Waals surface area contributed by atoms with Crippen LogP contribution in [0.3, 0.4) is 0 Å². The van der Waals surface area contributed by atoms with E-state index in [0.717, 1.165) is 25.3 Å². The minimum absolute atomic E-state index is 0.147. The summed E-state index contributed by atoms with van der Waals surface area (Å²) in [4.78, 5) is 4.92. The monoisotopic (exact) mass is 269 g/mol. The number of hydrogen-bond acceptors (Lipinski definition) is 4. The van der Waals surface area contributed by atoms with E-state index < -0.39 is 0 Å². The van der Waals surface area contributed by atoms with Gasteiger partial charge in [-0.3, -0.25) is 0 Å². The summed E-state index contributed by atoms with van der Waals surface area (Å²) >= 11 is 0. The molecule has 0 radical (unpaired) electrons. The Hall–Kier alpha value is -0.160. The lowest BCUT2D eigenvalue weighted by Gasteiger charge is -2.30. The van der Waals surface area contributed by atoms with Gasteiger partial charge in [-0.25, -0.2) is 0 Å². The van der Waals surface area contributed by atoms with Crippen molar-refractivity contribution < 1.29 is 5.11 Å².